The smallest absolute Gasteiger partial charge is 0.0270 e. The van der Waals surface area contributed by atoms with Gasteiger partial charge in [0.15, 0.2) is 0 Å². The molecule has 1 heterocycles. The number of hydrogen-bond donors (Lipinski definition) is 0. The van der Waals surface area contributed by atoms with E-state index in [4.69, 9.17) is 0 Å². The van der Waals surface area contributed by atoms with Gasteiger partial charge in [-0.25, -0.2) is 0 Å². The lowest BCUT2D eigenvalue weighted by molar-refractivity contribution is 0.972. The first kappa shape index (κ1) is 9.80. The Labute approximate surface area is 80.2 Å². The van der Waals surface area contributed by atoms with Crippen molar-refractivity contribution >= 4 is 0 Å². The lowest BCUT2D eigenvalue weighted by Crippen LogP contribution is -1.82. The summed E-state index contributed by atoms with van der Waals surface area (Å²) in [4.78, 5) is 3.97. The monoisotopic (exact) mass is 173 g/mol. The van der Waals surface area contributed by atoms with Crippen molar-refractivity contribution in [2.75, 3.05) is 0 Å². The Morgan fingerprint density at radius 2 is 1.85 bits per heavy atom. The highest BCUT2D eigenvalue weighted by atomic mass is 14.6. The summed E-state index contributed by atoms with van der Waals surface area (Å²) in [5.41, 5.74) is 1.32. The van der Waals surface area contributed by atoms with Crippen molar-refractivity contribution in [1.29, 1.82) is 0 Å². The second-order valence-corrected chi connectivity index (χ2v) is 2.96. The number of pyridine rings is 1. The Morgan fingerprint density at radius 3 is 2.54 bits per heavy atom. The Morgan fingerprint density at radius 1 is 1.15 bits per heavy atom. The third-order valence-electron chi connectivity index (χ3n) is 1.79. The lowest BCUT2D eigenvalue weighted by atomic mass is 10.1. The second kappa shape index (κ2) is 6.25. The topological polar surface area (TPSA) is 12.9 Å². The molecule has 0 aliphatic rings. The quantitative estimate of drug-likeness (QED) is 0.640. The van der Waals surface area contributed by atoms with Crippen molar-refractivity contribution < 1.29 is 0 Å². The van der Waals surface area contributed by atoms with E-state index in [1.807, 2.05) is 24.5 Å². The third kappa shape index (κ3) is 4.32. The minimum absolute atomic E-state index is 0.962. The first-order valence-corrected chi connectivity index (χ1v) is 4.78. The van der Waals surface area contributed by atoms with Gasteiger partial charge in [-0.15, -0.1) is 11.8 Å². The molecule has 0 radical (unpaired) electrons. The molecule has 0 amide bonds. The van der Waals surface area contributed by atoms with Crippen LogP contribution >= 0.6 is 0 Å². The maximum atomic E-state index is 3.97. The molecular formula is C12H15N. The number of unbranched alkanes of at least 4 members (excludes halogenated alkanes) is 1. The van der Waals surface area contributed by atoms with Gasteiger partial charge in [-0.05, 0) is 30.5 Å². The van der Waals surface area contributed by atoms with Crippen molar-refractivity contribution in [1.82, 2.24) is 4.98 Å². The van der Waals surface area contributed by atoms with Gasteiger partial charge >= 0.3 is 0 Å². The minimum atomic E-state index is 0.962. The van der Waals surface area contributed by atoms with Crippen LogP contribution in [-0.4, -0.2) is 4.98 Å². The van der Waals surface area contributed by atoms with Crippen LogP contribution in [0.2, 0.25) is 0 Å². The molecule has 13 heavy (non-hydrogen) atoms. The predicted molar refractivity (Wildman–Crippen MR) is 55.2 cm³/mol. The van der Waals surface area contributed by atoms with Gasteiger partial charge in [0.25, 0.3) is 0 Å². The average molecular weight is 173 g/mol. The number of aryl methyl sites for hydroxylation is 1. The van der Waals surface area contributed by atoms with Crippen LogP contribution in [0.5, 0.6) is 0 Å². The van der Waals surface area contributed by atoms with Crippen molar-refractivity contribution in [3.05, 3.63) is 30.1 Å². The van der Waals surface area contributed by atoms with Crippen LogP contribution in [0.25, 0.3) is 0 Å². The summed E-state index contributed by atoms with van der Waals surface area (Å²) in [5.74, 6) is 6.30. The molecule has 0 unspecified atom stereocenters. The lowest BCUT2D eigenvalue weighted by Gasteiger charge is -1.93. The van der Waals surface area contributed by atoms with E-state index < -0.39 is 0 Å². The molecule has 0 spiro atoms. The molecule has 1 nitrogen and oxygen atoms in total. The Balaban J connectivity index is 2.25. The van der Waals surface area contributed by atoms with Crippen molar-refractivity contribution in [2.24, 2.45) is 0 Å². The summed E-state index contributed by atoms with van der Waals surface area (Å²) in [6, 6.07) is 4.09. The zero-order valence-corrected chi connectivity index (χ0v) is 8.09. The van der Waals surface area contributed by atoms with Crippen LogP contribution < -0.4 is 0 Å². The van der Waals surface area contributed by atoms with E-state index >= 15 is 0 Å². The van der Waals surface area contributed by atoms with Crippen LogP contribution in [-0.2, 0) is 6.42 Å². The van der Waals surface area contributed by atoms with Crippen LogP contribution in [0.15, 0.2) is 24.5 Å². The van der Waals surface area contributed by atoms with E-state index in [0.717, 1.165) is 25.7 Å². The summed E-state index contributed by atoms with van der Waals surface area (Å²) in [7, 11) is 0. The van der Waals surface area contributed by atoms with Crippen molar-refractivity contribution in [3.63, 3.8) is 0 Å². The number of nitrogens with zero attached hydrogens (tertiary/aromatic N) is 1. The summed E-state index contributed by atoms with van der Waals surface area (Å²) >= 11 is 0. The summed E-state index contributed by atoms with van der Waals surface area (Å²) in [6.45, 7) is 2.15. The molecule has 0 aliphatic heterocycles. The molecule has 1 rings (SSSR count). The predicted octanol–water partition coefficient (Wildman–Crippen LogP) is 2.82. The zero-order valence-electron chi connectivity index (χ0n) is 8.09. The highest BCUT2D eigenvalue weighted by Gasteiger charge is 1.87. The van der Waals surface area contributed by atoms with Crippen LogP contribution in [0.4, 0.5) is 0 Å². The SMILES string of the molecule is CCCC#CCCc1ccncc1. The van der Waals surface area contributed by atoms with Gasteiger partial charge in [-0.1, -0.05) is 6.92 Å². The summed E-state index contributed by atoms with van der Waals surface area (Å²) < 4.78 is 0. The molecular weight excluding hydrogens is 158 g/mol. The Kier molecular flexibility index (Phi) is 4.71. The summed E-state index contributed by atoms with van der Waals surface area (Å²) in [5, 5.41) is 0. The molecule has 1 aromatic heterocycles. The van der Waals surface area contributed by atoms with Crippen molar-refractivity contribution in [3.8, 4) is 11.8 Å². The molecule has 0 aliphatic carbocycles. The Hall–Kier alpha value is -1.29. The molecule has 0 saturated carbocycles. The fourth-order valence-electron chi connectivity index (χ4n) is 1.06. The number of hydrogen-bond acceptors (Lipinski definition) is 1. The first-order valence-electron chi connectivity index (χ1n) is 4.78. The summed E-state index contributed by atoms with van der Waals surface area (Å²) in [6.07, 6.45) is 7.84. The van der Waals surface area contributed by atoms with E-state index in [1.165, 1.54) is 5.56 Å². The third-order valence-corrected chi connectivity index (χ3v) is 1.79. The van der Waals surface area contributed by atoms with E-state index in [-0.39, 0.29) is 0 Å². The van der Waals surface area contributed by atoms with Crippen LogP contribution in [0, 0.1) is 11.8 Å². The zero-order chi connectivity index (χ0) is 9.36. The van der Waals surface area contributed by atoms with Crippen molar-refractivity contribution in [2.45, 2.75) is 32.6 Å². The van der Waals surface area contributed by atoms with E-state index in [1.54, 1.807) is 0 Å². The molecule has 0 saturated heterocycles. The van der Waals surface area contributed by atoms with Gasteiger partial charge < -0.3 is 0 Å². The van der Waals surface area contributed by atoms with E-state index in [9.17, 15) is 0 Å². The molecule has 68 valence electrons. The molecule has 0 bridgehead atoms. The fourth-order valence-corrected chi connectivity index (χ4v) is 1.06. The molecule has 1 heteroatoms. The molecule has 0 N–H and O–H groups in total. The highest BCUT2D eigenvalue weighted by molar-refractivity contribution is 5.12. The van der Waals surface area contributed by atoms with Crippen LogP contribution in [0.1, 0.15) is 31.7 Å². The van der Waals surface area contributed by atoms with E-state index in [0.29, 0.717) is 0 Å². The molecule has 1 aromatic rings. The minimum Gasteiger partial charge on any atom is -0.265 e. The second-order valence-electron chi connectivity index (χ2n) is 2.96. The van der Waals surface area contributed by atoms with Gasteiger partial charge in [0.2, 0.25) is 0 Å². The molecule has 0 atom stereocenters. The fraction of sp³-hybridized carbons (Fsp3) is 0.417. The van der Waals surface area contributed by atoms with Crippen LogP contribution in [0.3, 0.4) is 0 Å². The molecule has 0 fully saturated rings. The van der Waals surface area contributed by atoms with Gasteiger partial charge in [-0.2, -0.15) is 0 Å². The molecule has 0 aromatic carbocycles. The number of aromatic nitrogens is 1. The van der Waals surface area contributed by atoms with Gasteiger partial charge in [0, 0.05) is 25.2 Å². The van der Waals surface area contributed by atoms with Gasteiger partial charge in [0.1, 0.15) is 0 Å². The standard InChI is InChI=1S/C12H15N/c1-2-3-4-5-6-7-12-8-10-13-11-9-12/h8-11H,2-3,6-7H2,1H3. The number of rotatable bonds is 3. The maximum absolute atomic E-state index is 3.97. The largest absolute Gasteiger partial charge is 0.265 e. The van der Waals surface area contributed by atoms with E-state index in [2.05, 4.69) is 23.7 Å². The maximum Gasteiger partial charge on any atom is 0.0270 e. The average Bonchev–Trinajstić information content (AvgIpc) is 2.19. The Bertz CT molecular complexity index is 279. The normalized spacial score (nSPS) is 9.00. The van der Waals surface area contributed by atoms with Gasteiger partial charge in [0.05, 0.1) is 0 Å². The first-order chi connectivity index (χ1) is 6.43. The van der Waals surface area contributed by atoms with Gasteiger partial charge in [-0.3, -0.25) is 4.98 Å². The highest BCUT2D eigenvalue weighted by Crippen LogP contribution is 1.99.